The van der Waals surface area contributed by atoms with Crippen molar-refractivity contribution in [1.82, 2.24) is 25.3 Å². The van der Waals surface area contributed by atoms with Gasteiger partial charge in [-0.2, -0.15) is 10.2 Å². The van der Waals surface area contributed by atoms with Gasteiger partial charge in [0.2, 0.25) is 0 Å². The van der Waals surface area contributed by atoms with Crippen LogP contribution in [0.25, 0.3) is 0 Å². The molecule has 1 atom stereocenters. The molecule has 2 aromatic rings. The monoisotopic (exact) mass is 234 g/mol. The molecular weight excluding hydrogens is 220 g/mol. The van der Waals surface area contributed by atoms with E-state index in [0.29, 0.717) is 11.4 Å². The van der Waals surface area contributed by atoms with Crippen molar-refractivity contribution in [3.8, 4) is 0 Å². The number of carbonyl (C=O) groups is 1. The van der Waals surface area contributed by atoms with Crippen molar-refractivity contribution in [1.29, 1.82) is 0 Å². The van der Waals surface area contributed by atoms with Crippen molar-refractivity contribution in [3.63, 3.8) is 0 Å². The molecule has 4 N–H and O–H groups in total. The number of aromatic nitrogens is 4. The van der Waals surface area contributed by atoms with Crippen LogP contribution < -0.4 is 11.1 Å². The molecule has 0 aliphatic heterocycles. The predicted octanol–water partition coefficient (Wildman–Crippen LogP) is 0.216. The third-order valence-electron chi connectivity index (χ3n) is 2.55. The van der Waals surface area contributed by atoms with Crippen molar-refractivity contribution in [2.75, 3.05) is 5.73 Å². The number of hydrogen-bond donors (Lipinski definition) is 3. The normalized spacial score (nSPS) is 12.4. The molecule has 0 bridgehead atoms. The van der Waals surface area contributed by atoms with Gasteiger partial charge in [-0.15, -0.1) is 0 Å². The Morgan fingerprint density at radius 2 is 2.35 bits per heavy atom. The summed E-state index contributed by atoms with van der Waals surface area (Å²) in [5.41, 5.74) is 7.30. The molecule has 0 aromatic carbocycles. The fourth-order valence-electron chi connectivity index (χ4n) is 1.58. The molecule has 0 saturated heterocycles. The molecule has 0 saturated carbocycles. The minimum absolute atomic E-state index is 0.143. The van der Waals surface area contributed by atoms with Gasteiger partial charge in [-0.3, -0.25) is 14.6 Å². The smallest absolute Gasteiger partial charge is 0.272 e. The van der Waals surface area contributed by atoms with Crippen LogP contribution in [0.3, 0.4) is 0 Å². The minimum atomic E-state index is -0.254. The first-order valence-corrected chi connectivity index (χ1v) is 5.16. The maximum atomic E-state index is 12.0. The van der Waals surface area contributed by atoms with Crippen molar-refractivity contribution in [2.24, 2.45) is 7.05 Å². The summed E-state index contributed by atoms with van der Waals surface area (Å²) in [5, 5.41) is 13.3. The number of H-pyrrole nitrogens is 1. The Morgan fingerprint density at radius 3 is 2.88 bits per heavy atom. The van der Waals surface area contributed by atoms with Crippen LogP contribution in [0.1, 0.15) is 29.0 Å². The summed E-state index contributed by atoms with van der Waals surface area (Å²) in [5.74, 6) is -0.254. The van der Waals surface area contributed by atoms with Crippen LogP contribution >= 0.6 is 0 Å². The van der Waals surface area contributed by atoms with Gasteiger partial charge in [-0.05, 0) is 6.92 Å². The molecule has 2 rings (SSSR count). The number of amides is 1. The summed E-state index contributed by atoms with van der Waals surface area (Å²) in [7, 11) is 1.67. The van der Waals surface area contributed by atoms with Crippen LogP contribution in [0, 0.1) is 0 Å². The summed E-state index contributed by atoms with van der Waals surface area (Å²) >= 11 is 0. The van der Waals surface area contributed by atoms with E-state index in [1.807, 2.05) is 6.92 Å². The van der Waals surface area contributed by atoms with Crippen LogP contribution in [-0.4, -0.2) is 25.9 Å². The number of nitrogens with two attached hydrogens (primary N) is 1. The Kier molecular flexibility index (Phi) is 2.82. The minimum Gasteiger partial charge on any atom is -0.396 e. The molecule has 0 fully saturated rings. The molecule has 1 unspecified atom stereocenters. The highest BCUT2D eigenvalue weighted by atomic mass is 16.2. The maximum absolute atomic E-state index is 12.0. The number of nitrogens with zero attached hydrogens (tertiary/aromatic N) is 3. The maximum Gasteiger partial charge on any atom is 0.272 e. The van der Waals surface area contributed by atoms with E-state index in [1.54, 1.807) is 19.4 Å². The van der Waals surface area contributed by atoms with Crippen molar-refractivity contribution < 1.29 is 4.79 Å². The zero-order valence-electron chi connectivity index (χ0n) is 9.64. The van der Waals surface area contributed by atoms with E-state index in [2.05, 4.69) is 20.6 Å². The summed E-state index contributed by atoms with van der Waals surface area (Å²) in [4.78, 5) is 12.0. The number of aryl methyl sites for hydroxylation is 1. The first kappa shape index (κ1) is 11.2. The quantitative estimate of drug-likeness (QED) is 0.706. The van der Waals surface area contributed by atoms with Gasteiger partial charge in [0.25, 0.3) is 5.91 Å². The first-order valence-electron chi connectivity index (χ1n) is 5.16. The van der Waals surface area contributed by atoms with Crippen LogP contribution in [-0.2, 0) is 7.05 Å². The summed E-state index contributed by atoms with van der Waals surface area (Å²) < 4.78 is 1.45. The van der Waals surface area contributed by atoms with E-state index in [-0.39, 0.29) is 11.9 Å². The lowest BCUT2D eigenvalue weighted by atomic mass is 10.2. The Balaban J connectivity index is 2.12. The number of rotatable bonds is 3. The third-order valence-corrected chi connectivity index (χ3v) is 2.55. The summed E-state index contributed by atoms with van der Waals surface area (Å²) in [6.45, 7) is 1.87. The molecule has 90 valence electrons. The van der Waals surface area contributed by atoms with Crippen LogP contribution in [0.5, 0.6) is 0 Å². The second-order valence-electron chi connectivity index (χ2n) is 3.80. The average Bonchev–Trinajstić information content (AvgIpc) is 2.88. The Bertz CT molecular complexity index is 495. The lowest BCUT2D eigenvalue weighted by Gasteiger charge is -2.12. The van der Waals surface area contributed by atoms with Crippen molar-refractivity contribution in [2.45, 2.75) is 13.0 Å². The number of carbonyl (C=O) groups excluding carboxylic acids is 1. The van der Waals surface area contributed by atoms with Gasteiger partial charge >= 0.3 is 0 Å². The molecule has 0 spiro atoms. The molecular formula is C10H14N6O. The Hall–Kier alpha value is -2.31. The van der Waals surface area contributed by atoms with E-state index in [9.17, 15) is 4.79 Å². The second-order valence-corrected chi connectivity index (χ2v) is 3.80. The number of nitrogens with one attached hydrogen (secondary N) is 2. The predicted molar refractivity (Wildman–Crippen MR) is 62.1 cm³/mol. The highest BCUT2D eigenvalue weighted by Gasteiger charge is 2.17. The Morgan fingerprint density at radius 1 is 1.59 bits per heavy atom. The van der Waals surface area contributed by atoms with E-state index in [1.165, 1.54) is 10.9 Å². The highest BCUT2D eigenvalue weighted by molar-refractivity contribution is 5.97. The van der Waals surface area contributed by atoms with Gasteiger partial charge in [-0.1, -0.05) is 0 Å². The topological polar surface area (TPSA) is 102 Å². The molecule has 7 nitrogen and oxygen atoms in total. The summed E-state index contributed by atoms with van der Waals surface area (Å²) in [6, 6.07) is -0.143. The standard InChI is InChI=1S/C10H14N6O/c1-6(7-3-12-13-4-7)15-10(17)9-8(11)5-14-16(9)2/h3-6H,11H2,1-2H3,(H,12,13)(H,15,17). The van der Waals surface area contributed by atoms with Crippen LogP contribution in [0.15, 0.2) is 18.6 Å². The highest BCUT2D eigenvalue weighted by Crippen LogP contribution is 2.13. The molecule has 2 aromatic heterocycles. The van der Waals surface area contributed by atoms with Crippen LogP contribution in [0.4, 0.5) is 5.69 Å². The lowest BCUT2D eigenvalue weighted by Crippen LogP contribution is -2.28. The fraction of sp³-hybridized carbons (Fsp3) is 0.300. The van der Waals surface area contributed by atoms with Gasteiger partial charge in [0.1, 0.15) is 5.69 Å². The second kappa shape index (κ2) is 4.28. The fourth-order valence-corrected chi connectivity index (χ4v) is 1.58. The molecule has 0 radical (unpaired) electrons. The number of hydrogen-bond acceptors (Lipinski definition) is 4. The lowest BCUT2D eigenvalue weighted by molar-refractivity contribution is 0.0931. The molecule has 2 heterocycles. The third kappa shape index (κ3) is 2.12. The Labute approximate surface area is 98.0 Å². The first-order chi connectivity index (χ1) is 8.09. The molecule has 7 heteroatoms. The largest absolute Gasteiger partial charge is 0.396 e. The van der Waals surface area contributed by atoms with Gasteiger partial charge in [0.15, 0.2) is 0 Å². The zero-order chi connectivity index (χ0) is 12.4. The van der Waals surface area contributed by atoms with Crippen LogP contribution in [0.2, 0.25) is 0 Å². The molecule has 0 aliphatic carbocycles. The molecule has 1 amide bonds. The molecule has 17 heavy (non-hydrogen) atoms. The van der Waals surface area contributed by atoms with Crippen molar-refractivity contribution in [3.05, 3.63) is 29.8 Å². The van der Waals surface area contributed by atoms with E-state index >= 15 is 0 Å². The van der Waals surface area contributed by atoms with E-state index in [4.69, 9.17) is 5.73 Å². The number of nitrogen functional groups attached to an aromatic ring is 1. The number of aromatic amines is 1. The number of anilines is 1. The van der Waals surface area contributed by atoms with Gasteiger partial charge in [0.05, 0.1) is 24.1 Å². The van der Waals surface area contributed by atoms with Crippen molar-refractivity contribution >= 4 is 11.6 Å². The SMILES string of the molecule is CC(NC(=O)c1c(N)cnn1C)c1cn[nH]c1. The van der Waals surface area contributed by atoms with E-state index < -0.39 is 0 Å². The zero-order valence-corrected chi connectivity index (χ0v) is 9.64. The molecule has 0 aliphatic rings. The van der Waals surface area contributed by atoms with Gasteiger partial charge in [0, 0.05) is 18.8 Å². The van der Waals surface area contributed by atoms with E-state index in [0.717, 1.165) is 5.56 Å². The average molecular weight is 234 g/mol. The van der Waals surface area contributed by atoms with Gasteiger partial charge in [-0.25, -0.2) is 0 Å². The van der Waals surface area contributed by atoms with Gasteiger partial charge < -0.3 is 11.1 Å². The summed E-state index contributed by atoms with van der Waals surface area (Å²) in [6.07, 6.45) is 4.85.